The molecule has 5 heteroatoms. The summed E-state index contributed by atoms with van der Waals surface area (Å²) in [6.45, 7) is 4.46. The normalized spacial score (nSPS) is 25.4. The van der Waals surface area contributed by atoms with Gasteiger partial charge in [0.2, 0.25) is 5.95 Å². The molecule has 1 unspecified atom stereocenters. The third-order valence-corrected chi connectivity index (χ3v) is 2.44. The Morgan fingerprint density at radius 3 is 2.67 bits per heavy atom. The highest BCUT2D eigenvalue weighted by molar-refractivity contribution is 5.29. The SMILES string of the molecule is Cn1nnnc1NC1CC1(C)C. The van der Waals surface area contributed by atoms with Crippen LogP contribution >= 0.6 is 0 Å². The van der Waals surface area contributed by atoms with Gasteiger partial charge in [0.1, 0.15) is 0 Å². The van der Waals surface area contributed by atoms with E-state index >= 15 is 0 Å². The lowest BCUT2D eigenvalue weighted by atomic mass is 10.2. The molecule has 0 radical (unpaired) electrons. The first kappa shape index (κ1) is 7.52. The number of tetrazole rings is 1. The van der Waals surface area contributed by atoms with E-state index < -0.39 is 0 Å². The highest BCUT2D eigenvalue weighted by atomic mass is 15.6. The van der Waals surface area contributed by atoms with Crippen molar-refractivity contribution in [1.29, 1.82) is 0 Å². The minimum atomic E-state index is 0.409. The largest absolute Gasteiger partial charge is 0.350 e. The van der Waals surface area contributed by atoms with E-state index in [1.807, 2.05) is 7.05 Å². The summed E-state index contributed by atoms with van der Waals surface area (Å²) >= 11 is 0. The van der Waals surface area contributed by atoms with E-state index in [-0.39, 0.29) is 0 Å². The standard InChI is InChI=1S/C7H13N5/c1-7(2)4-5(7)8-6-9-10-11-12(6)3/h5H,4H2,1-3H3,(H,8,9,11). The number of aromatic nitrogens is 4. The molecule has 0 saturated heterocycles. The molecule has 0 aliphatic heterocycles. The topological polar surface area (TPSA) is 55.6 Å². The second-order valence-electron chi connectivity index (χ2n) is 4.02. The summed E-state index contributed by atoms with van der Waals surface area (Å²) in [6.07, 6.45) is 1.19. The highest BCUT2D eigenvalue weighted by Gasteiger charge is 2.46. The van der Waals surface area contributed by atoms with E-state index in [1.54, 1.807) is 4.68 Å². The molecule has 1 aromatic rings. The zero-order chi connectivity index (χ0) is 8.77. The fourth-order valence-electron chi connectivity index (χ4n) is 1.22. The van der Waals surface area contributed by atoms with E-state index in [0.29, 0.717) is 11.5 Å². The number of hydrogen-bond donors (Lipinski definition) is 1. The van der Waals surface area contributed by atoms with Crippen LogP contribution in [0.1, 0.15) is 20.3 Å². The molecule has 1 atom stereocenters. The molecule has 1 saturated carbocycles. The van der Waals surface area contributed by atoms with Gasteiger partial charge >= 0.3 is 0 Å². The van der Waals surface area contributed by atoms with Crippen molar-refractivity contribution >= 4 is 5.95 Å². The van der Waals surface area contributed by atoms with Crippen LogP contribution in [-0.2, 0) is 7.05 Å². The van der Waals surface area contributed by atoms with Crippen LogP contribution in [-0.4, -0.2) is 26.2 Å². The number of anilines is 1. The monoisotopic (exact) mass is 167 g/mol. The summed E-state index contributed by atoms with van der Waals surface area (Å²) < 4.78 is 1.65. The molecule has 2 rings (SSSR count). The second kappa shape index (κ2) is 2.18. The summed E-state index contributed by atoms with van der Waals surface area (Å²) in [7, 11) is 1.83. The zero-order valence-electron chi connectivity index (χ0n) is 7.57. The maximum absolute atomic E-state index is 3.85. The minimum absolute atomic E-state index is 0.409. The number of hydrogen-bond acceptors (Lipinski definition) is 4. The Bertz CT molecular complexity index is 290. The van der Waals surface area contributed by atoms with Crippen molar-refractivity contribution in [1.82, 2.24) is 20.2 Å². The average Bonchev–Trinajstić information content (AvgIpc) is 2.39. The molecule has 1 fully saturated rings. The number of rotatable bonds is 2. The van der Waals surface area contributed by atoms with Gasteiger partial charge in [-0.3, -0.25) is 0 Å². The van der Waals surface area contributed by atoms with Gasteiger partial charge in [-0.25, -0.2) is 4.68 Å². The third kappa shape index (κ3) is 1.15. The van der Waals surface area contributed by atoms with Gasteiger partial charge in [-0.15, -0.1) is 0 Å². The van der Waals surface area contributed by atoms with Gasteiger partial charge in [-0.1, -0.05) is 18.9 Å². The second-order valence-corrected chi connectivity index (χ2v) is 4.02. The molecule has 1 aliphatic rings. The van der Waals surface area contributed by atoms with E-state index in [1.165, 1.54) is 6.42 Å². The molecule has 1 heterocycles. The average molecular weight is 167 g/mol. The van der Waals surface area contributed by atoms with E-state index in [0.717, 1.165) is 5.95 Å². The molecule has 0 aromatic carbocycles. The van der Waals surface area contributed by atoms with E-state index in [4.69, 9.17) is 0 Å². The van der Waals surface area contributed by atoms with Crippen LogP contribution in [0.4, 0.5) is 5.95 Å². The molecule has 0 amide bonds. The predicted molar refractivity (Wildman–Crippen MR) is 44.6 cm³/mol. The maximum atomic E-state index is 3.85. The van der Waals surface area contributed by atoms with Crippen LogP contribution in [0.15, 0.2) is 0 Å². The number of nitrogens with zero attached hydrogens (tertiary/aromatic N) is 4. The van der Waals surface area contributed by atoms with Crippen LogP contribution in [0, 0.1) is 5.41 Å². The van der Waals surface area contributed by atoms with Crippen LogP contribution < -0.4 is 5.32 Å². The Hall–Kier alpha value is -1.13. The molecule has 0 spiro atoms. The number of aryl methyl sites for hydroxylation is 1. The molecule has 0 bridgehead atoms. The lowest BCUT2D eigenvalue weighted by Crippen LogP contribution is -2.12. The third-order valence-electron chi connectivity index (χ3n) is 2.44. The van der Waals surface area contributed by atoms with Gasteiger partial charge in [0.15, 0.2) is 0 Å². The Balaban J connectivity index is 2.02. The van der Waals surface area contributed by atoms with Gasteiger partial charge in [-0.05, 0) is 22.3 Å². The Morgan fingerprint density at radius 2 is 2.25 bits per heavy atom. The summed E-state index contributed by atoms with van der Waals surface area (Å²) in [4.78, 5) is 0. The fraction of sp³-hybridized carbons (Fsp3) is 0.857. The van der Waals surface area contributed by atoms with Gasteiger partial charge in [0, 0.05) is 13.1 Å². The van der Waals surface area contributed by atoms with Crippen LogP contribution in [0.2, 0.25) is 0 Å². The quantitative estimate of drug-likeness (QED) is 0.693. The van der Waals surface area contributed by atoms with Gasteiger partial charge in [0.05, 0.1) is 0 Å². The van der Waals surface area contributed by atoms with E-state index in [2.05, 4.69) is 34.7 Å². The Labute approximate surface area is 71.1 Å². The van der Waals surface area contributed by atoms with Crippen molar-refractivity contribution in [3.63, 3.8) is 0 Å². The first-order valence-corrected chi connectivity index (χ1v) is 4.08. The van der Waals surface area contributed by atoms with Crippen molar-refractivity contribution in [3.8, 4) is 0 Å². The highest BCUT2D eigenvalue weighted by Crippen LogP contribution is 2.46. The number of nitrogens with one attached hydrogen (secondary N) is 1. The van der Waals surface area contributed by atoms with Crippen molar-refractivity contribution in [2.45, 2.75) is 26.3 Å². The summed E-state index contributed by atoms with van der Waals surface area (Å²) in [5, 5.41) is 14.4. The lowest BCUT2D eigenvalue weighted by Gasteiger charge is -2.04. The molecular formula is C7H13N5. The van der Waals surface area contributed by atoms with Crippen molar-refractivity contribution in [3.05, 3.63) is 0 Å². The Kier molecular flexibility index (Phi) is 1.37. The van der Waals surface area contributed by atoms with Crippen LogP contribution in [0.5, 0.6) is 0 Å². The van der Waals surface area contributed by atoms with Gasteiger partial charge in [-0.2, -0.15) is 0 Å². The van der Waals surface area contributed by atoms with Crippen molar-refractivity contribution in [2.24, 2.45) is 12.5 Å². The molecule has 1 N–H and O–H groups in total. The summed E-state index contributed by atoms with van der Waals surface area (Å²) in [5.41, 5.74) is 0.409. The zero-order valence-corrected chi connectivity index (χ0v) is 7.57. The molecule has 66 valence electrons. The van der Waals surface area contributed by atoms with Crippen molar-refractivity contribution < 1.29 is 0 Å². The fourth-order valence-corrected chi connectivity index (χ4v) is 1.22. The summed E-state index contributed by atoms with van der Waals surface area (Å²) in [5.74, 6) is 0.755. The minimum Gasteiger partial charge on any atom is -0.350 e. The first-order valence-electron chi connectivity index (χ1n) is 4.08. The first-order chi connectivity index (χ1) is 5.59. The molecule has 12 heavy (non-hydrogen) atoms. The molecular weight excluding hydrogens is 154 g/mol. The Morgan fingerprint density at radius 1 is 1.58 bits per heavy atom. The van der Waals surface area contributed by atoms with Gasteiger partial charge in [0.25, 0.3) is 0 Å². The van der Waals surface area contributed by atoms with Gasteiger partial charge < -0.3 is 5.32 Å². The molecule has 1 aromatic heterocycles. The predicted octanol–water partition coefficient (Wildman–Crippen LogP) is 0.420. The van der Waals surface area contributed by atoms with E-state index in [9.17, 15) is 0 Å². The maximum Gasteiger partial charge on any atom is 0.242 e. The summed E-state index contributed by atoms with van der Waals surface area (Å²) in [6, 6.07) is 0.530. The van der Waals surface area contributed by atoms with Crippen LogP contribution in [0.3, 0.4) is 0 Å². The lowest BCUT2D eigenvalue weighted by molar-refractivity contribution is 0.625. The van der Waals surface area contributed by atoms with Crippen LogP contribution in [0.25, 0.3) is 0 Å². The molecule has 5 nitrogen and oxygen atoms in total. The van der Waals surface area contributed by atoms with Crippen molar-refractivity contribution in [2.75, 3.05) is 5.32 Å². The smallest absolute Gasteiger partial charge is 0.242 e. The molecule has 1 aliphatic carbocycles.